The van der Waals surface area contributed by atoms with Crippen molar-refractivity contribution in [3.05, 3.63) is 30.5 Å². The van der Waals surface area contributed by atoms with Gasteiger partial charge in [-0.3, -0.25) is 4.79 Å². The molecule has 5 heteroatoms. The zero-order valence-electron chi connectivity index (χ0n) is 8.80. The molecule has 0 radical (unpaired) electrons. The topological polar surface area (TPSA) is 54.9 Å². The van der Waals surface area contributed by atoms with Crippen LogP contribution < -0.4 is 5.32 Å². The van der Waals surface area contributed by atoms with E-state index in [0.717, 1.165) is 15.8 Å². The number of carbonyl (C=O) groups is 1. The number of fused-ring (bicyclic) bond motifs is 1. The lowest BCUT2D eigenvalue weighted by molar-refractivity contribution is -0.118. The van der Waals surface area contributed by atoms with Crippen molar-refractivity contribution >= 4 is 28.4 Å². The van der Waals surface area contributed by atoms with Crippen molar-refractivity contribution in [1.29, 1.82) is 0 Å². The first-order valence-corrected chi connectivity index (χ1v) is 5.83. The number of rotatable bonds is 3. The van der Waals surface area contributed by atoms with Gasteiger partial charge in [0, 0.05) is 17.8 Å². The number of carbonyl (C=O) groups excluding carboxylic acids is 1. The quantitative estimate of drug-likeness (QED) is 0.816. The summed E-state index contributed by atoms with van der Waals surface area (Å²) >= 11 is 1.40. The summed E-state index contributed by atoms with van der Waals surface area (Å²) in [6, 6.07) is 7.87. The predicted octanol–water partition coefficient (Wildman–Crippen LogP) is 1.47. The van der Waals surface area contributed by atoms with Gasteiger partial charge >= 0.3 is 0 Å². The molecule has 1 aromatic carbocycles. The Kier molecular flexibility index (Phi) is 3.36. The standard InChI is InChI=1S/C11H11N3OS/c1-12-10(15)7-16-11-9-5-3-2-4-8(9)6-13-14-11/h2-6H,7H2,1H3,(H,12,15). The van der Waals surface area contributed by atoms with Gasteiger partial charge in [0.2, 0.25) is 5.91 Å². The summed E-state index contributed by atoms with van der Waals surface area (Å²) in [5.74, 6) is 0.346. The molecule has 0 atom stereocenters. The summed E-state index contributed by atoms with van der Waals surface area (Å²) in [5, 5.41) is 13.4. The lowest BCUT2D eigenvalue weighted by Gasteiger charge is -2.03. The normalized spacial score (nSPS) is 10.3. The third kappa shape index (κ3) is 2.30. The minimum Gasteiger partial charge on any atom is -0.358 e. The summed E-state index contributed by atoms with van der Waals surface area (Å²) in [6.45, 7) is 0. The number of aromatic nitrogens is 2. The molecular weight excluding hydrogens is 222 g/mol. The lowest BCUT2D eigenvalue weighted by atomic mass is 10.2. The molecule has 0 aliphatic carbocycles. The van der Waals surface area contributed by atoms with Crippen LogP contribution in [0.25, 0.3) is 10.8 Å². The summed E-state index contributed by atoms with van der Waals surface area (Å²) in [7, 11) is 1.62. The second kappa shape index (κ2) is 4.94. The highest BCUT2D eigenvalue weighted by atomic mass is 32.2. The SMILES string of the molecule is CNC(=O)CSc1nncc2ccccc12. The fraction of sp³-hybridized carbons (Fsp3) is 0.182. The third-order valence-electron chi connectivity index (χ3n) is 2.16. The number of nitrogens with zero attached hydrogens (tertiary/aromatic N) is 2. The van der Waals surface area contributed by atoms with Gasteiger partial charge in [0.05, 0.1) is 11.9 Å². The van der Waals surface area contributed by atoms with Crippen molar-refractivity contribution in [2.75, 3.05) is 12.8 Å². The first-order chi connectivity index (χ1) is 7.81. The number of nitrogens with one attached hydrogen (secondary N) is 1. The van der Waals surface area contributed by atoms with E-state index in [4.69, 9.17) is 0 Å². The van der Waals surface area contributed by atoms with Gasteiger partial charge in [-0.1, -0.05) is 36.0 Å². The second-order valence-corrected chi connectivity index (χ2v) is 4.16. The lowest BCUT2D eigenvalue weighted by Crippen LogP contribution is -2.19. The van der Waals surface area contributed by atoms with Gasteiger partial charge in [0.15, 0.2) is 0 Å². The number of amides is 1. The largest absolute Gasteiger partial charge is 0.358 e. The molecule has 2 rings (SSSR count). The van der Waals surface area contributed by atoms with E-state index in [1.165, 1.54) is 11.8 Å². The number of hydrogen-bond acceptors (Lipinski definition) is 4. The molecule has 0 spiro atoms. The summed E-state index contributed by atoms with van der Waals surface area (Å²) < 4.78 is 0. The zero-order chi connectivity index (χ0) is 11.4. The van der Waals surface area contributed by atoms with Crippen molar-refractivity contribution in [1.82, 2.24) is 15.5 Å². The summed E-state index contributed by atoms with van der Waals surface area (Å²) in [4.78, 5) is 11.1. The highest BCUT2D eigenvalue weighted by molar-refractivity contribution is 8.00. The molecule has 1 N–H and O–H groups in total. The fourth-order valence-corrected chi connectivity index (χ4v) is 2.17. The van der Waals surface area contributed by atoms with Gasteiger partial charge in [-0.15, -0.1) is 5.10 Å². The molecule has 0 aliphatic heterocycles. The Morgan fingerprint density at radius 3 is 3.06 bits per heavy atom. The van der Waals surface area contributed by atoms with Crippen LogP contribution in [0.3, 0.4) is 0 Å². The molecule has 0 aliphatic rings. The fourth-order valence-electron chi connectivity index (χ4n) is 1.31. The Morgan fingerprint density at radius 2 is 2.25 bits per heavy atom. The van der Waals surface area contributed by atoms with Crippen LogP contribution in [0.4, 0.5) is 0 Å². The van der Waals surface area contributed by atoms with Gasteiger partial charge in [-0.25, -0.2) is 0 Å². The van der Waals surface area contributed by atoms with Crippen molar-refractivity contribution in [3.63, 3.8) is 0 Å². The maximum absolute atomic E-state index is 11.1. The molecule has 0 unspecified atom stereocenters. The molecule has 0 saturated heterocycles. The van der Waals surface area contributed by atoms with E-state index in [0.29, 0.717) is 5.75 Å². The predicted molar refractivity (Wildman–Crippen MR) is 64.3 cm³/mol. The van der Waals surface area contributed by atoms with E-state index in [9.17, 15) is 4.79 Å². The average Bonchev–Trinajstić information content (AvgIpc) is 2.35. The molecule has 0 fully saturated rings. The van der Waals surface area contributed by atoms with E-state index in [1.54, 1.807) is 13.2 Å². The van der Waals surface area contributed by atoms with E-state index < -0.39 is 0 Å². The van der Waals surface area contributed by atoms with Gasteiger partial charge in [-0.05, 0) is 0 Å². The van der Waals surface area contributed by atoms with Crippen molar-refractivity contribution in [2.45, 2.75) is 5.03 Å². The highest BCUT2D eigenvalue weighted by Crippen LogP contribution is 2.24. The minimum atomic E-state index is -0.0141. The van der Waals surface area contributed by atoms with Crippen LogP contribution >= 0.6 is 11.8 Å². The van der Waals surface area contributed by atoms with Crippen molar-refractivity contribution < 1.29 is 4.79 Å². The van der Waals surface area contributed by atoms with Crippen molar-refractivity contribution in [2.24, 2.45) is 0 Å². The maximum atomic E-state index is 11.1. The van der Waals surface area contributed by atoms with Crippen LogP contribution in [0.5, 0.6) is 0 Å². The molecule has 1 heterocycles. The third-order valence-corrected chi connectivity index (χ3v) is 3.14. The molecular formula is C11H11N3OS. The van der Waals surface area contributed by atoms with Crippen LogP contribution in [-0.4, -0.2) is 28.9 Å². The zero-order valence-corrected chi connectivity index (χ0v) is 9.62. The molecule has 1 amide bonds. The van der Waals surface area contributed by atoms with Crippen molar-refractivity contribution in [3.8, 4) is 0 Å². The number of benzene rings is 1. The van der Waals surface area contributed by atoms with E-state index >= 15 is 0 Å². The Hall–Kier alpha value is -1.62. The Labute approximate surface area is 97.5 Å². The smallest absolute Gasteiger partial charge is 0.230 e. The van der Waals surface area contributed by atoms with E-state index in [1.807, 2.05) is 24.3 Å². The van der Waals surface area contributed by atoms with Gasteiger partial charge in [0.25, 0.3) is 0 Å². The minimum absolute atomic E-state index is 0.0141. The molecule has 0 bridgehead atoms. The molecule has 82 valence electrons. The molecule has 2 aromatic rings. The monoisotopic (exact) mass is 233 g/mol. The first-order valence-electron chi connectivity index (χ1n) is 4.85. The Balaban J connectivity index is 2.27. The van der Waals surface area contributed by atoms with Crippen LogP contribution in [0.15, 0.2) is 35.5 Å². The summed E-state index contributed by atoms with van der Waals surface area (Å²) in [6.07, 6.45) is 1.72. The molecule has 1 aromatic heterocycles. The van der Waals surface area contributed by atoms with Crippen LogP contribution in [0.1, 0.15) is 0 Å². The summed E-state index contributed by atoms with van der Waals surface area (Å²) in [5.41, 5.74) is 0. The second-order valence-electron chi connectivity index (χ2n) is 3.20. The first kappa shape index (κ1) is 10.9. The molecule has 0 saturated carbocycles. The van der Waals surface area contributed by atoms with Crippen LogP contribution in [0, 0.1) is 0 Å². The van der Waals surface area contributed by atoms with Crippen LogP contribution in [0.2, 0.25) is 0 Å². The maximum Gasteiger partial charge on any atom is 0.230 e. The Bertz CT molecular complexity index is 510. The van der Waals surface area contributed by atoms with E-state index in [-0.39, 0.29) is 5.91 Å². The number of hydrogen-bond donors (Lipinski definition) is 1. The van der Waals surface area contributed by atoms with Gasteiger partial charge in [-0.2, -0.15) is 5.10 Å². The van der Waals surface area contributed by atoms with E-state index in [2.05, 4.69) is 15.5 Å². The van der Waals surface area contributed by atoms with Gasteiger partial charge in [0.1, 0.15) is 5.03 Å². The average molecular weight is 233 g/mol. The van der Waals surface area contributed by atoms with Gasteiger partial charge < -0.3 is 5.32 Å². The molecule has 4 nitrogen and oxygen atoms in total. The Morgan fingerprint density at radius 1 is 1.44 bits per heavy atom. The molecule has 16 heavy (non-hydrogen) atoms. The van der Waals surface area contributed by atoms with Crippen LogP contribution in [-0.2, 0) is 4.79 Å². The highest BCUT2D eigenvalue weighted by Gasteiger charge is 2.05. The number of thioether (sulfide) groups is 1.